The number of hydrogen-bond acceptors (Lipinski definition) is 5. The first-order valence-electron chi connectivity index (χ1n) is 9.96. The highest BCUT2D eigenvalue weighted by Gasteiger charge is 2.16. The molecule has 180 valence electrons. The second-order valence-corrected chi connectivity index (χ2v) is 8.71. The maximum atomic E-state index is 12.7. The molecule has 0 spiro atoms. The van der Waals surface area contributed by atoms with Crippen LogP contribution in [0.25, 0.3) is 6.08 Å². The molecule has 0 unspecified atom stereocenters. The highest BCUT2D eigenvalue weighted by Crippen LogP contribution is 2.38. The van der Waals surface area contributed by atoms with Crippen molar-refractivity contribution in [3.63, 3.8) is 0 Å². The van der Waals surface area contributed by atoms with Crippen LogP contribution in [0.2, 0.25) is 20.1 Å². The SMILES string of the molecule is COc1ccc(Cl)cc1NC(=O)/C(C#N)=C/c1cc(Cl)c(OCc2ccc(Cl)cc2Cl)c(OC)c1. The lowest BCUT2D eigenvalue weighted by Crippen LogP contribution is -2.14. The summed E-state index contributed by atoms with van der Waals surface area (Å²) in [6.45, 7) is 0.120. The first-order chi connectivity index (χ1) is 16.7. The molecule has 1 amide bonds. The van der Waals surface area contributed by atoms with Crippen LogP contribution >= 0.6 is 46.4 Å². The van der Waals surface area contributed by atoms with Crippen LogP contribution in [-0.4, -0.2) is 20.1 Å². The molecule has 1 N–H and O–H groups in total. The van der Waals surface area contributed by atoms with Crippen molar-refractivity contribution in [1.82, 2.24) is 0 Å². The number of hydrogen-bond donors (Lipinski definition) is 1. The average Bonchev–Trinajstić information content (AvgIpc) is 2.82. The number of benzene rings is 3. The van der Waals surface area contributed by atoms with Gasteiger partial charge in [-0.3, -0.25) is 4.79 Å². The topological polar surface area (TPSA) is 80.6 Å². The van der Waals surface area contributed by atoms with Crippen LogP contribution < -0.4 is 19.5 Å². The number of nitrogens with zero attached hydrogens (tertiary/aromatic N) is 1. The Morgan fingerprint density at radius 1 is 0.943 bits per heavy atom. The Balaban J connectivity index is 1.85. The fourth-order valence-electron chi connectivity index (χ4n) is 3.03. The van der Waals surface area contributed by atoms with Crippen molar-refractivity contribution in [3.8, 4) is 23.3 Å². The Kier molecular flexibility index (Phi) is 9.13. The van der Waals surface area contributed by atoms with E-state index < -0.39 is 5.91 Å². The number of carbonyl (C=O) groups excluding carboxylic acids is 1. The van der Waals surface area contributed by atoms with E-state index in [0.29, 0.717) is 43.4 Å². The number of ether oxygens (including phenoxy) is 3. The molecule has 0 atom stereocenters. The molecule has 0 fully saturated rings. The number of methoxy groups -OCH3 is 2. The second kappa shape index (κ2) is 12.1. The van der Waals surface area contributed by atoms with Gasteiger partial charge in [-0.2, -0.15) is 5.26 Å². The molecular weight excluding hydrogens is 534 g/mol. The second-order valence-electron chi connectivity index (χ2n) is 7.03. The Bertz CT molecular complexity index is 1340. The number of carbonyl (C=O) groups is 1. The molecule has 6 nitrogen and oxygen atoms in total. The van der Waals surface area contributed by atoms with E-state index in [4.69, 9.17) is 60.6 Å². The maximum absolute atomic E-state index is 12.7. The van der Waals surface area contributed by atoms with E-state index in [1.54, 1.807) is 42.5 Å². The smallest absolute Gasteiger partial charge is 0.266 e. The molecule has 35 heavy (non-hydrogen) atoms. The van der Waals surface area contributed by atoms with Crippen LogP contribution in [0.4, 0.5) is 5.69 Å². The van der Waals surface area contributed by atoms with Crippen LogP contribution in [0.15, 0.2) is 54.1 Å². The third kappa shape index (κ3) is 6.74. The number of amides is 1. The van der Waals surface area contributed by atoms with Gasteiger partial charge in [0.2, 0.25) is 0 Å². The molecule has 0 aliphatic heterocycles. The maximum Gasteiger partial charge on any atom is 0.266 e. The summed E-state index contributed by atoms with van der Waals surface area (Å²) >= 11 is 24.6. The zero-order valence-electron chi connectivity index (χ0n) is 18.5. The summed E-state index contributed by atoms with van der Waals surface area (Å²) in [6.07, 6.45) is 1.38. The largest absolute Gasteiger partial charge is 0.495 e. The predicted molar refractivity (Wildman–Crippen MR) is 139 cm³/mol. The number of nitriles is 1. The summed E-state index contributed by atoms with van der Waals surface area (Å²) in [5.41, 5.74) is 1.31. The third-order valence-corrected chi connectivity index (χ3v) is 5.83. The van der Waals surface area contributed by atoms with E-state index in [1.165, 1.54) is 26.4 Å². The summed E-state index contributed by atoms with van der Waals surface area (Å²) < 4.78 is 16.5. The van der Waals surface area contributed by atoms with Crippen LogP contribution in [0, 0.1) is 11.3 Å². The lowest BCUT2D eigenvalue weighted by molar-refractivity contribution is -0.112. The monoisotopic (exact) mass is 550 g/mol. The lowest BCUT2D eigenvalue weighted by Gasteiger charge is -2.14. The summed E-state index contributed by atoms with van der Waals surface area (Å²) in [5, 5.41) is 13.8. The molecule has 0 aromatic heterocycles. The predicted octanol–water partition coefficient (Wildman–Crippen LogP) is 7.44. The van der Waals surface area contributed by atoms with Gasteiger partial charge >= 0.3 is 0 Å². The van der Waals surface area contributed by atoms with Gasteiger partial charge in [0.25, 0.3) is 5.91 Å². The van der Waals surface area contributed by atoms with Crippen molar-refractivity contribution >= 4 is 64.1 Å². The molecule has 10 heteroatoms. The molecule has 0 saturated carbocycles. The fraction of sp³-hybridized carbons (Fsp3) is 0.120. The van der Waals surface area contributed by atoms with E-state index in [0.717, 1.165) is 0 Å². The Hall–Kier alpha value is -3.08. The van der Waals surface area contributed by atoms with E-state index in [2.05, 4.69) is 5.32 Å². The summed E-state index contributed by atoms with van der Waals surface area (Å²) in [6, 6.07) is 14.8. The van der Waals surface area contributed by atoms with Crippen molar-refractivity contribution < 1.29 is 19.0 Å². The first-order valence-corrected chi connectivity index (χ1v) is 11.5. The Labute approximate surface area is 222 Å². The van der Waals surface area contributed by atoms with Gasteiger partial charge in [-0.25, -0.2) is 0 Å². The molecular formula is C25H18Cl4N2O4. The minimum Gasteiger partial charge on any atom is -0.495 e. The van der Waals surface area contributed by atoms with Crippen molar-refractivity contribution in [1.29, 1.82) is 5.26 Å². The lowest BCUT2D eigenvalue weighted by atomic mass is 10.1. The van der Waals surface area contributed by atoms with Gasteiger partial charge in [-0.15, -0.1) is 0 Å². The molecule has 3 aromatic carbocycles. The minimum atomic E-state index is -0.652. The van der Waals surface area contributed by atoms with E-state index in [1.807, 2.05) is 6.07 Å². The zero-order chi connectivity index (χ0) is 25.5. The number of anilines is 1. The number of halogens is 4. The Morgan fingerprint density at radius 2 is 1.63 bits per heavy atom. The molecule has 0 heterocycles. The van der Waals surface area contributed by atoms with E-state index in [-0.39, 0.29) is 23.0 Å². The zero-order valence-corrected chi connectivity index (χ0v) is 21.5. The van der Waals surface area contributed by atoms with Gasteiger partial charge in [-0.1, -0.05) is 52.5 Å². The normalized spacial score (nSPS) is 10.9. The molecule has 3 aromatic rings. The average molecular weight is 552 g/mol. The standard InChI is InChI=1S/C25H18Cl4N2O4/c1-33-22-6-5-18(27)11-21(22)31-25(32)16(12-30)7-14-8-20(29)24(23(9-14)34-2)35-13-15-3-4-17(26)10-19(15)28/h3-11H,13H2,1-2H3,(H,31,32)/b16-7+. The minimum absolute atomic E-state index is 0.120. The van der Waals surface area contributed by atoms with Crippen LogP contribution in [0.1, 0.15) is 11.1 Å². The van der Waals surface area contributed by atoms with Crippen molar-refractivity contribution in [3.05, 3.63) is 85.3 Å². The molecule has 0 bridgehead atoms. The van der Waals surface area contributed by atoms with E-state index in [9.17, 15) is 10.1 Å². The molecule has 0 saturated heterocycles. The van der Waals surface area contributed by atoms with Gasteiger partial charge in [0.05, 0.1) is 24.9 Å². The number of rotatable bonds is 8. The van der Waals surface area contributed by atoms with Gasteiger partial charge in [0.15, 0.2) is 11.5 Å². The molecule has 0 aliphatic rings. The van der Waals surface area contributed by atoms with Gasteiger partial charge < -0.3 is 19.5 Å². The third-order valence-electron chi connectivity index (χ3n) is 4.72. The van der Waals surface area contributed by atoms with Crippen molar-refractivity contribution in [2.24, 2.45) is 0 Å². The van der Waals surface area contributed by atoms with Crippen molar-refractivity contribution in [2.45, 2.75) is 6.61 Å². The van der Waals surface area contributed by atoms with Gasteiger partial charge in [0.1, 0.15) is 24.0 Å². The first kappa shape index (κ1) is 26.5. The molecule has 3 rings (SSSR count). The van der Waals surface area contributed by atoms with Gasteiger partial charge in [0, 0.05) is 20.6 Å². The molecule has 0 aliphatic carbocycles. The van der Waals surface area contributed by atoms with Crippen molar-refractivity contribution in [2.75, 3.05) is 19.5 Å². The summed E-state index contributed by atoms with van der Waals surface area (Å²) in [5.74, 6) is 0.333. The number of nitrogens with one attached hydrogen (secondary N) is 1. The quantitative estimate of drug-likeness (QED) is 0.232. The summed E-state index contributed by atoms with van der Waals surface area (Å²) in [7, 11) is 2.91. The highest BCUT2D eigenvalue weighted by molar-refractivity contribution is 6.35. The van der Waals surface area contributed by atoms with Crippen LogP contribution in [0.5, 0.6) is 17.2 Å². The highest BCUT2D eigenvalue weighted by atomic mass is 35.5. The Morgan fingerprint density at radius 3 is 2.29 bits per heavy atom. The van der Waals surface area contributed by atoms with Crippen LogP contribution in [0.3, 0.4) is 0 Å². The molecule has 0 radical (unpaired) electrons. The summed E-state index contributed by atoms with van der Waals surface area (Å²) in [4.78, 5) is 12.7. The van der Waals surface area contributed by atoms with Crippen LogP contribution in [-0.2, 0) is 11.4 Å². The van der Waals surface area contributed by atoms with Gasteiger partial charge in [-0.05, 0) is 54.1 Å². The fourth-order valence-corrected chi connectivity index (χ4v) is 3.94. The van der Waals surface area contributed by atoms with E-state index >= 15 is 0 Å².